The summed E-state index contributed by atoms with van der Waals surface area (Å²) in [5, 5.41) is 11.4. The zero-order valence-electron chi connectivity index (χ0n) is 11.6. The van der Waals surface area contributed by atoms with Crippen molar-refractivity contribution in [3.05, 3.63) is 53.5 Å². The molecule has 106 valence electrons. The minimum absolute atomic E-state index is 0.0135. The fraction of sp³-hybridized carbons (Fsp3) is 0.188. The summed E-state index contributed by atoms with van der Waals surface area (Å²) in [4.78, 5) is 20.3. The quantitative estimate of drug-likeness (QED) is 0.841. The fourth-order valence-electron chi connectivity index (χ4n) is 1.65. The van der Waals surface area contributed by atoms with Gasteiger partial charge < -0.3 is 10.4 Å². The number of aliphatic hydroxyl groups is 1. The Morgan fingerprint density at radius 1 is 1.43 bits per heavy atom. The van der Waals surface area contributed by atoms with Crippen LogP contribution in [0.2, 0.25) is 0 Å². The number of rotatable bonds is 3. The third kappa shape index (κ3) is 4.13. The molecule has 2 rings (SSSR count). The molecule has 5 heteroatoms. The van der Waals surface area contributed by atoms with Crippen molar-refractivity contribution >= 4 is 11.7 Å². The molecule has 0 unspecified atom stereocenters. The molecule has 0 fully saturated rings. The van der Waals surface area contributed by atoms with Crippen molar-refractivity contribution in [2.45, 2.75) is 13.3 Å². The molecule has 2 N–H and O–H groups in total. The number of anilines is 1. The highest BCUT2D eigenvalue weighted by molar-refractivity contribution is 6.04. The van der Waals surface area contributed by atoms with Crippen molar-refractivity contribution in [3.8, 4) is 11.8 Å². The number of aryl methyl sites for hydroxylation is 1. The Hall–Kier alpha value is -2.71. The highest BCUT2D eigenvalue weighted by Crippen LogP contribution is 2.11. The largest absolute Gasteiger partial charge is 0.395 e. The van der Waals surface area contributed by atoms with Crippen LogP contribution in [0.25, 0.3) is 0 Å². The lowest BCUT2D eigenvalue weighted by Crippen LogP contribution is -2.14. The van der Waals surface area contributed by atoms with Crippen molar-refractivity contribution in [2.24, 2.45) is 0 Å². The minimum Gasteiger partial charge on any atom is -0.395 e. The van der Waals surface area contributed by atoms with Gasteiger partial charge in [-0.1, -0.05) is 17.9 Å². The van der Waals surface area contributed by atoms with Gasteiger partial charge in [0.25, 0.3) is 5.91 Å². The van der Waals surface area contributed by atoms with Crippen molar-refractivity contribution < 1.29 is 9.90 Å². The van der Waals surface area contributed by atoms with Gasteiger partial charge in [0, 0.05) is 30.6 Å². The van der Waals surface area contributed by atoms with Crippen molar-refractivity contribution in [2.75, 3.05) is 11.9 Å². The average molecular weight is 281 g/mol. The lowest BCUT2D eigenvalue weighted by atomic mass is 10.2. The Bertz CT molecular complexity index is 702. The molecule has 2 aromatic rings. The van der Waals surface area contributed by atoms with Crippen LogP contribution in [-0.4, -0.2) is 27.6 Å². The van der Waals surface area contributed by atoms with Gasteiger partial charge in [-0.25, -0.2) is 4.98 Å². The second-order valence-electron chi connectivity index (χ2n) is 4.36. The van der Waals surface area contributed by atoms with Crippen LogP contribution in [0.5, 0.6) is 0 Å². The van der Waals surface area contributed by atoms with Crippen molar-refractivity contribution in [1.82, 2.24) is 9.97 Å². The molecule has 0 radical (unpaired) electrons. The van der Waals surface area contributed by atoms with Crippen LogP contribution in [0.15, 0.2) is 36.8 Å². The molecular formula is C16H15N3O2. The van der Waals surface area contributed by atoms with E-state index < -0.39 is 0 Å². The third-order valence-corrected chi connectivity index (χ3v) is 2.71. The standard InChI is InChI=1S/C16H15N3O2/c1-12-5-4-7-18-15(12)19-16(21)14-9-13(10-17-11-14)6-2-3-8-20/h4-5,7,9-11,20H,3,8H2,1H3,(H,18,19,21). The molecule has 5 nitrogen and oxygen atoms in total. The van der Waals surface area contributed by atoms with Gasteiger partial charge in [-0.15, -0.1) is 0 Å². The van der Waals surface area contributed by atoms with E-state index in [1.54, 1.807) is 18.5 Å². The van der Waals surface area contributed by atoms with Crippen LogP contribution in [0.3, 0.4) is 0 Å². The summed E-state index contributed by atoms with van der Waals surface area (Å²) in [5.74, 6) is 5.89. The lowest BCUT2D eigenvalue weighted by molar-refractivity contribution is 0.102. The number of nitrogens with zero attached hydrogens (tertiary/aromatic N) is 2. The Morgan fingerprint density at radius 3 is 3.05 bits per heavy atom. The number of pyridine rings is 2. The van der Waals surface area contributed by atoms with Gasteiger partial charge in [-0.2, -0.15) is 0 Å². The van der Waals surface area contributed by atoms with Gasteiger partial charge in [0.05, 0.1) is 12.2 Å². The summed E-state index contributed by atoms with van der Waals surface area (Å²) in [5.41, 5.74) is 1.93. The number of nitrogens with one attached hydrogen (secondary N) is 1. The van der Waals surface area contributed by atoms with Crippen LogP contribution in [0, 0.1) is 18.8 Å². The van der Waals surface area contributed by atoms with E-state index in [1.165, 1.54) is 6.20 Å². The number of carbonyl (C=O) groups is 1. The molecule has 0 aliphatic carbocycles. The summed E-state index contributed by atoms with van der Waals surface area (Å²) < 4.78 is 0. The van der Waals surface area contributed by atoms with Gasteiger partial charge in [0.15, 0.2) is 0 Å². The molecule has 2 aromatic heterocycles. The van der Waals surface area contributed by atoms with E-state index in [4.69, 9.17) is 5.11 Å². The second-order valence-corrected chi connectivity index (χ2v) is 4.36. The molecule has 0 saturated carbocycles. The first-order valence-corrected chi connectivity index (χ1v) is 6.48. The van der Waals surface area contributed by atoms with Gasteiger partial charge >= 0.3 is 0 Å². The van der Waals surface area contributed by atoms with Gasteiger partial charge in [-0.3, -0.25) is 9.78 Å². The zero-order chi connectivity index (χ0) is 15.1. The van der Waals surface area contributed by atoms with Crippen LogP contribution in [0.1, 0.15) is 27.9 Å². The number of amides is 1. The highest BCUT2D eigenvalue weighted by Gasteiger charge is 2.09. The van der Waals surface area contributed by atoms with E-state index >= 15 is 0 Å². The smallest absolute Gasteiger partial charge is 0.258 e. The monoisotopic (exact) mass is 281 g/mol. The normalized spacial score (nSPS) is 9.62. The summed E-state index contributed by atoms with van der Waals surface area (Å²) in [6.45, 7) is 1.89. The molecular weight excluding hydrogens is 266 g/mol. The number of carbonyl (C=O) groups excluding carboxylic acids is 1. The van der Waals surface area contributed by atoms with Crippen LogP contribution in [0.4, 0.5) is 5.82 Å². The molecule has 21 heavy (non-hydrogen) atoms. The summed E-state index contributed by atoms with van der Waals surface area (Å²) >= 11 is 0. The number of hydrogen-bond acceptors (Lipinski definition) is 4. The molecule has 0 atom stereocenters. The highest BCUT2D eigenvalue weighted by atomic mass is 16.2. The first kappa shape index (κ1) is 14.7. The SMILES string of the molecule is Cc1cccnc1NC(=O)c1cncc(C#CCCO)c1. The van der Waals surface area contributed by atoms with Crippen molar-refractivity contribution in [3.63, 3.8) is 0 Å². The van der Waals surface area contributed by atoms with Crippen LogP contribution >= 0.6 is 0 Å². The number of hydrogen-bond donors (Lipinski definition) is 2. The van der Waals surface area contributed by atoms with Gasteiger partial charge in [-0.05, 0) is 24.6 Å². The zero-order valence-corrected chi connectivity index (χ0v) is 11.6. The molecule has 0 saturated heterocycles. The summed E-state index contributed by atoms with van der Waals surface area (Å²) in [7, 11) is 0. The van der Waals surface area contributed by atoms with E-state index in [0.29, 0.717) is 23.4 Å². The Balaban J connectivity index is 2.15. The number of aliphatic hydroxyl groups excluding tert-OH is 1. The van der Waals surface area contributed by atoms with E-state index in [0.717, 1.165) is 5.56 Å². The summed E-state index contributed by atoms with van der Waals surface area (Å²) in [6.07, 6.45) is 5.07. The Morgan fingerprint density at radius 2 is 2.29 bits per heavy atom. The fourth-order valence-corrected chi connectivity index (χ4v) is 1.65. The van der Waals surface area contributed by atoms with E-state index in [2.05, 4.69) is 27.1 Å². The summed E-state index contributed by atoms with van der Waals surface area (Å²) in [6, 6.07) is 5.34. The number of aromatic nitrogens is 2. The maximum atomic E-state index is 12.2. The molecule has 0 bridgehead atoms. The van der Waals surface area contributed by atoms with E-state index in [-0.39, 0.29) is 12.5 Å². The average Bonchev–Trinajstić information content (AvgIpc) is 2.50. The van der Waals surface area contributed by atoms with Crippen LogP contribution < -0.4 is 5.32 Å². The molecule has 0 spiro atoms. The first-order chi connectivity index (χ1) is 10.2. The maximum absolute atomic E-state index is 12.2. The second kappa shape index (κ2) is 7.17. The molecule has 0 aliphatic heterocycles. The molecule has 0 aliphatic rings. The predicted octanol–water partition coefficient (Wildman–Crippen LogP) is 1.77. The molecule has 1 amide bonds. The first-order valence-electron chi connectivity index (χ1n) is 6.48. The Kier molecular flexibility index (Phi) is 5.02. The third-order valence-electron chi connectivity index (χ3n) is 2.71. The Labute approximate surface area is 123 Å². The maximum Gasteiger partial charge on any atom is 0.258 e. The minimum atomic E-state index is -0.282. The molecule has 0 aromatic carbocycles. The van der Waals surface area contributed by atoms with E-state index in [9.17, 15) is 4.79 Å². The van der Waals surface area contributed by atoms with Gasteiger partial charge in [0.2, 0.25) is 0 Å². The molecule has 2 heterocycles. The predicted molar refractivity (Wildman–Crippen MR) is 79.7 cm³/mol. The lowest BCUT2D eigenvalue weighted by Gasteiger charge is -2.06. The topological polar surface area (TPSA) is 75.1 Å². The van der Waals surface area contributed by atoms with Crippen molar-refractivity contribution in [1.29, 1.82) is 0 Å². The van der Waals surface area contributed by atoms with E-state index in [1.807, 2.05) is 19.1 Å². The van der Waals surface area contributed by atoms with Gasteiger partial charge in [0.1, 0.15) is 5.82 Å². The van der Waals surface area contributed by atoms with Crippen LogP contribution in [-0.2, 0) is 0 Å².